The van der Waals surface area contributed by atoms with E-state index in [-0.39, 0.29) is 12.2 Å². The normalized spacial score (nSPS) is 11.8. The minimum Gasteiger partial charge on any atom is -0.489 e. The van der Waals surface area contributed by atoms with Crippen molar-refractivity contribution in [3.8, 4) is 11.8 Å². The Morgan fingerprint density at radius 1 is 1.29 bits per heavy atom. The quantitative estimate of drug-likeness (QED) is 0.933. The first kappa shape index (κ1) is 15.0. The number of ether oxygens (including phenoxy) is 1. The second kappa shape index (κ2) is 6.38. The number of hydrogen-bond donors (Lipinski definition) is 1. The lowest BCUT2D eigenvalue weighted by molar-refractivity contribution is 0.190. The molecule has 1 atom stereocenters. The number of nitriles is 1. The maximum absolute atomic E-state index is 13.3. The summed E-state index contributed by atoms with van der Waals surface area (Å²) in [7, 11) is 0. The molecule has 0 spiro atoms. The van der Waals surface area contributed by atoms with Gasteiger partial charge in [0.2, 0.25) is 0 Å². The van der Waals surface area contributed by atoms with E-state index in [1.54, 1.807) is 25.1 Å². The lowest BCUT2D eigenvalue weighted by Crippen LogP contribution is -2.02. The van der Waals surface area contributed by atoms with Crippen LogP contribution in [0.1, 0.15) is 35.3 Å². The number of nitrogens with zero attached hydrogens (tertiary/aromatic N) is 1. The molecule has 108 valence electrons. The first-order valence-corrected chi connectivity index (χ1v) is 6.61. The van der Waals surface area contributed by atoms with Gasteiger partial charge in [0.1, 0.15) is 24.2 Å². The topological polar surface area (TPSA) is 53.2 Å². The van der Waals surface area contributed by atoms with Crippen LogP contribution in [-0.4, -0.2) is 5.11 Å². The maximum Gasteiger partial charge on any atom is 0.140 e. The summed E-state index contributed by atoms with van der Waals surface area (Å²) in [5.74, 6) is 0.0414. The fraction of sp³-hybridized carbons (Fsp3) is 0.235. The van der Waals surface area contributed by atoms with Gasteiger partial charge in [-0.15, -0.1) is 0 Å². The molecule has 2 aromatic carbocycles. The van der Waals surface area contributed by atoms with E-state index in [0.29, 0.717) is 16.9 Å². The van der Waals surface area contributed by atoms with E-state index in [4.69, 9.17) is 10.00 Å². The standard InChI is InChI=1S/C17H16FNO2/c1-11-3-6-17(15(7-11)12(2)20)21-10-13-4-5-16(18)14(8-13)9-19/h3-8,12,20H,10H2,1-2H3. The highest BCUT2D eigenvalue weighted by atomic mass is 19.1. The average Bonchev–Trinajstić information content (AvgIpc) is 2.47. The fourth-order valence-electron chi connectivity index (χ4n) is 2.03. The Morgan fingerprint density at radius 3 is 2.71 bits per heavy atom. The third-order valence-electron chi connectivity index (χ3n) is 3.16. The van der Waals surface area contributed by atoms with Crippen LogP contribution in [0.25, 0.3) is 0 Å². The Balaban J connectivity index is 2.19. The fourth-order valence-corrected chi connectivity index (χ4v) is 2.03. The summed E-state index contributed by atoms with van der Waals surface area (Å²) in [6.45, 7) is 3.82. The van der Waals surface area contributed by atoms with Crippen LogP contribution < -0.4 is 4.74 Å². The molecule has 0 aliphatic heterocycles. The van der Waals surface area contributed by atoms with Crippen LogP contribution in [0.15, 0.2) is 36.4 Å². The lowest BCUT2D eigenvalue weighted by Gasteiger charge is -2.14. The first-order valence-electron chi connectivity index (χ1n) is 6.61. The monoisotopic (exact) mass is 285 g/mol. The predicted octanol–water partition coefficient (Wildman–Crippen LogP) is 3.64. The second-order valence-electron chi connectivity index (χ2n) is 4.93. The Morgan fingerprint density at radius 2 is 2.05 bits per heavy atom. The van der Waals surface area contributed by atoms with Crippen molar-refractivity contribution < 1.29 is 14.2 Å². The lowest BCUT2D eigenvalue weighted by atomic mass is 10.1. The molecule has 0 heterocycles. The van der Waals surface area contributed by atoms with Crippen molar-refractivity contribution in [2.45, 2.75) is 26.6 Å². The molecule has 3 nitrogen and oxygen atoms in total. The maximum atomic E-state index is 13.3. The number of rotatable bonds is 4. The molecule has 1 unspecified atom stereocenters. The molecule has 0 amide bonds. The molecule has 21 heavy (non-hydrogen) atoms. The molecular weight excluding hydrogens is 269 g/mol. The summed E-state index contributed by atoms with van der Waals surface area (Å²) in [4.78, 5) is 0. The van der Waals surface area contributed by atoms with Gasteiger partial charge in [0.05, 0.1) is 11.7 Å². The molecule has 0 aromatic heterocycles. The highest BCUT2D eigenvalue weighted by Gasteiger charge is 2.10. The zero-order valence-electron chi connectivity index (χ0n) is 11.9. The van der Waals surface area contributed by atoms with Gasteiger partial charge in [-0.05, 0) is 43.7 Å². The third kappa shape index (κ3) is 3.59. The Labute approximate surface area is 123 Å². The summed E-state index contributed by atoms with van der Waals surface area (Å²) < 4.78 is 18.9. The van der Waals surface area contributed by atoms with Crippen molar-refractivity contribution in [1.82, 2.24) is 0 Å². The third-order valence-corrected chi connectivity index (χ3v) is 3.16. The van der Waals surface area contributed by atoms with E-state index in [2.05, 4.69) is 0 Å². The highest BCUT2D eigenvalue weighted by molar-refractivity contribution is 5.39. The van der Waals surface area contributed by atoms with Gasteiger partial charge in [-0.25, -0.2) is 4.39 Å². The summed E-state index contributed by atoms with van der Waals surface area (Å²) in [5.41, 5.74) is 2.44. The molecule has 0 saturated heterocycles. The molecule has 0 aliphatic carbocycles. The molecule has 0 fully saturated rings. The smallest absolute Gasteiger partial charge is 0.140 e. The van der Waals surface area contributed by atoms with Crippen molar-refractivity contribution in [2.75, 3.05) is 0 Å². The zero-order valence-corrected chi connectivity index (χ0v) is 11.9. The van der Waals surface area contributed by atoms with Gasteiger partial charge in [0.15, 0.2) is 0 Å². The molecule has 0 bridgehead atoms. The van der Waals surface area contributed by atoms with Gasteiger partial charge in [-0.3, -0.25) is 0 Å². The minimum atomic E-state index is -0.636. The number of hydrogen-bond acceptors (Lipinski definition) is 3. The van der Waals surface area contributed by atoms with Crippen molar-refractivity contribution in [2.24, 2.45) is 0 Å². The largest absolute Gasteiger partial charge is 0.489 e. The van der Waals surface area contributed by atoms with Gasteiger partial charge in [0.25, 0.3) is 0 Å². The van der Waals surface area contributed by atoms with Gasteiger partial charge in [0, 0.05) is 5.56 Å². The molecule has 0 aliphatic rings. The average molecular weight is 285 g/mol. The Bertz CT molecular complexity index is 690. The van der Waals surface area contributed by atoms with Crippen LogP contribution in [0.3, 0.4) is 0 Å². The zero-order chi connectivity index (χ0) is 15.4. The highest BCUT2D eigenvalue weighted by Crippen LogP contribution is 2.27. The van der Waals surface area contributed by atoms with E-state index >= 15 is 0 Å². The molecule has 2 rings (SSSR count). The van der Waals surface area contributed by atoms with E-state index in [1.807, 2.05) is 19.1 Å². The second-order valence-corrected chi connectivity index (χ2v) is 4.93. The predicted molar refractivity (Wildman–Crippen MR) is 77.3 cm³/mol. The van der Waals surface area contributed by atoms with Crippen LogP contribution in [0.2, 0.25) is 0 Å². The molecule has 4 heteroatoms. The number of halogens is 1. The van der Waals surface area contributed by atoms with Crippen molar-refractivity contribution >= 4 is 0 Å². The van der Waals surface area contributed by atoms with Crippen LogP contribution >= 0.6 is 0 Å². The van der Waals surface area contributed by atoms with E-state index in [0.717, 1.165) is 5.56 Å². The van der Waals surface area contributed by atoms with E-state index in [1.165, 1.54) is 12.1 Å². The van der Waals surface area contributed by atoms with E-state index in [9.17, 15) is 9.50 Å². The molecule has 0 saturated carbocycles. The van der Waals surface area contributed by atoms with Crippen LogP contribution in [-0.2, 0) is 6.61 Å². The van der Waals surface area contributed by atoms with Gasteiger partial charge in [-0.1, -0.05) is 17.7 Å². The van der Waals surface area contributed by atoms with Gasteiger partial charge in [-0.2, -0.15) is 5.26 Å². The summed E-state index contributed by atoms with van der Waals surface area (Å²) in [5, 5.41) is 18.6. The summed E-state index contributed by atoms with van der Waals surface area (Å²) in [6.07, 6.45) is -0.636. The van der Waals surface area contributed by atoms with Crippen LogP contribution in [0, 0.1) is 24.1 Å². The van der Waals surface area contributed by atoms with E-state index < -0.39 is 11.9 Å². The molecular formula is C17H16FNO2. The number of benzene rings is 2. The minimum absolute atomic E-state index is 0.00393. The number of aliphatic hydroxyl groups excluding tert-OH is 1. The first-order chi connectivity index (χ1) is 10.0. The summed E-state index contributed by atoms with van der Waals surface area (Å²) in [6, 6.07) is 11.7. The Hall–Kier alpha value is -2.38. The number of aliphatic hydroxyl groups is 1. The SMILES string of the molecule is Cc1ccc(OCc2ccc(F)c(C#N)c2)c(C(C)O)c1. The van der Waals surface area contributed by atoms with Crippen LogP contribution in [0.4, 0.5) is 4.39 Å². The molecule has 1 N–H and O–H groups in total. The van der Waals surface area contributed by atoms with Gasteiger partial charge < -0.3 is 9.84 Å². The van der Waals surface area contributed by atoms with Gasteiger partial charge >= 0.3 is 0 Å². The molecule has 2 aromatic rings. The Kier molecular flexibility index (Phi) is 4.56. The van der Waals surface area contributed by atoms with Crippen molar-refractivity contribution in [1.29, 1.82) is 5.26 Å². The summed E-state index contributed by atoms with van der Waals surface area (Å²) >= 11 is 0. The van der Waals surface area contributed by atoms with Crippen molar-refractivity contribution in [3.05, 3.63) is 64.5 Å². The van der Waals surface area contributed by atoms with Crippen LogP contribution in [0.5, 0.6) is 5.75 Å². The van der Waals surface area contributed by atoms with Crippen molar-refractivity contribution in [3.63, 3.8) is 0 Å². The number of aryl methyl sites for hydroxylation is 1. The molecule has 0 radical (unpaired) electrons.